The van der Waals surface area contributed by atoms with Gasteiger partial charge in [0.15, 0.2) is 0 Å². The Kier molecular flexibility index (Phi) is 3.76. The normalized spacial score (nSPS) is 15.6. The molecule has 21 heavy (non-hydrogen) atoms. The number of carbonyl (C=O) groups is 1. The second-order valence-corrected chi connectivity index (χ2v) is 6.13. The zero-order valence-corrected chi connectivity index (χ0v) is 13.6. The molecule has 1 N–H and O–H groups in total. The van der Waals surface area contributed by atoms with E-state index < -0.39 is 0 Å². The number of anilines is 1. The first-order valence-corrected chi connectivity index (χ1v) is 7.87. The van der Waals surface area contributed by atoms with Crippen LogP contribution in [0, 0.1) is 0 Å². The van der Waals surface area contributed by atoms with E-state index in [1.165, 1.54) is 0 Å². The molecule has 3 rings (SSSR count). The fraction of sp³-hybridized carbons (Fsp3) is 0.312. The van der Waals surface area contributed by atoms with E-state index in [1.807, 2.05) is 18.2 Å². The lowest BCUT2D eigenvalue weighted by Gasteiger charge is -2.26. The molecule has 1 aromatic heterocycles. The summed E-state index contributed by atoms with van der Waals surface area (Å²) in [5.74, 6) is 1.00. The zero-order valence-electron chi connectivity index (χ0n) is 12.0. The van der Waals surface area contributed by atoms with Crippen molar-refractivity contribution in [2.24, 2.45) is 0 Å². The first-order valence-electron chi connectivity index (χ1n) is 6.95. The van der Waals surface area contributed by atoms with Crippen LogP contribution in [0.15, 0.2) is 34.9 Å². The number of nitrogens with one attached hydrogen (secondary N) is 1. The minimum Gasteiger partial charge on any atom is -0.469 e. The smallest absolute Gasteiger partial charge is 0.321 e. The third-order valence-corrected chi connectivity index (χ3v) is 4.81. The third-order valence-electron chi connectivity index (χ3n) is 3.79. The highest BCUT2D eigenvalue weighted by Crippen LogP contribution is 2.36. The quantitative estimate of drug-likeness (QED) is 0.840. The highest BCUT2D eigenvalue weighted by Gasteiger charge is 2.22. The van der Waals surface area contributed by atoms with Gasteiger partial charge in [-0.25, -0.2) is 4.79 Å². The predicted octanol–water partition coefficient (Wildman–Crippen LogP) is 4.30. The van der Waals surface area contributed by atoms with Crippen LogP contribution in [0.4, 0.5) is 10.5 Å². The predicted molar refractivity (Wildman–Crippen MR) is 85.8 cm³/mol. The molecule has 110 valence electrons. The highest BCUT2D eigenvalue weighted by molar-refractivity contribution is 9.09. The van der Waals surface area contributed by atoms with Crippen molar-refractivity contribution in [3.63, 3.8) is 0 Å². The molecule has 2 heterocycles. The third kappa shape index (κ3) is 2.58. The number of alkyl halides is 1. The molecular formula is C16H17BrN2O2. The number of furan rings is 1. The number of hydrogen-bond donors (Lipinski definition) is 1. The standard InChI is InChI=1S/C16H17BrN2O2/c1-3-14-12(6-7-21-14)15(17)10-4-5-13-11(8-10)9-19(2)16(20)18-13/h4-8,15H,3,9H2,1-2H3,(H,18,20). The number of aryl methyl sites for hydroxylation is 1. The lowest BCUT2D eigenvalue weighted by Crippen LogP contribution is -2.35. The summed E-state index contributed by atoms with van der Waals surface area (Å²) in [5, 5.41) is 2.89. The number of urea groups is 1. The van der Waals surface area contributed by atoms with Crippen molar-refractivity contribution in [2.75, 3.05) is 12.4 Å². The molecule has 1 unspecified atom stereocenters. The Morgan fingerprint density at radius 2 is 2.24 bits per heavy atom. The summed E-state index contributed by atoms with van der Waals surface area (Å²) in [6, 6.07) is 8.09. The van der Waals surface area contributed by atoms with Crippen molar-refractivity contribution in [3.8, 4) is 0 Å². The average molecular weight is 349 g/mol. The molecule has 0 saturated heterocycles. The van der Waals surface area contributed by atoms with Gasteiger partial charge in [-0.2, -0.15) is 0 Å². The summed E-state index contributed by atoms with van der Waals surface area (Å²) >= 11 is 3.76. The Morgan fingerprint density at radius 1 is 1.43 bits per heavy atom. The number of fused-ring (bicyclic) bond motifs is 1. The number of carbonyl (C=O) groups excluding carboxylic acids is 1. The molecule has 2 aromatic rings. The van der Waals surface area contributed by atoms with Crippen LogP contribution in [-0.2, 0) is 13.0 Å². The molecule has 0 radical (unpaired) electrons. The molecule has 0 aliphatic carbocycles. The second-order valence-electron chi connectivity index (χ2n) is 5.22. The largest absolute Gasteiger partial charge is 0.469 e. The van der Waals surface area contributed by atoms with E-state index in [0.717, 1.165) is 34.6 Å². The van der Waals surface area contributed by atoms with Gasteiger partial charge in [0.2, 0.25) is 0 Å². The Hall–Kier alpha value is -1.75. The summed E-state index contributed by atoms with van der Waals surface area (Å²) in [7, 11) is 1.79. The van der Waals surface area contributed by atoms with E-state index in [2.05, 4.69) is 34.2 Å². The molecule has 5 heteroatoms. The van der Waals surface area contributed by atoms with Crippen molar-refractivity contribution in [2.45, 2.75) is 24.7 Å². The fourth-order valence-corrected chi connectivity index (χ4v) is 3.30. The number of rotatable bonds is 3. The first kappa shape index (κ1) is 14.2. The van der Waals surface area contributed by atoms with Gasteiger partial charge in [0.25, 0.3) is 0 Å². The summed E-state index contributed by atoms with van der Waals surface area (Å²) in [6.45, 7) is 2.71. The maximum Gasteiger partial charge on any atom is 0.321 e. The number of hydrogen-bond acceptors (Lipinski definition) is 2. The maximum atomic E-state index is 11.6. The van der Waals surface area contributed by atoms with Gasteiger partial charge >= 0.3 is 6.03 Å². The van der Waals surface area contributed by atoms with Gasteiger partial charge in [-0.05, 0) is 23.3 Å². The van der Waals surface area contributed by atoms with E-state index in [9.17, 15) is 4.79 Å². The van der Waals surface area contributed by atoms with E-state index >= 15 is 0 Å². The summed E-state index contributed by atoms with van der Waals surface area (Å²) in [6.07, 6.45) is 2.60. The number of benzene rings is 1. The molecule has 1 atom stereocenters. The molecule has 4 nitrogen and oxygen atoms in total. The van der Waals surface area contributed by atoms with Crippen LogP contribution in [0.1, 0.15) is 34.2 Å². The van der Waals surface area contributed by atoms with Gasteiger partial charge < -0.3 is 14.6 Å². The summed E-state index contributed by atoms with van der Waals surface area (Å²) in [5.41, 5.74) is 4.34. The van der Waals surface area contributed by atoms with Crippen LogP contribution < -0.4 is 5.32 Å². The van der Waals surface area contributed by atoms with Crippen molar-refractivity contribution >= 4 is 27.6 Å². The molecule has 2 amide bonds. The van der Waals surface area contributed by atoms with Crippen LogP contribution in [0.5, 0.6) is 0 Å². The monoisotopic (exact) mass is 348 g/mol. The van der Waals surface area contributed by atoms with Gasteiger partial charge in [0, 0.05) is 31.3 Å². The minimum absolute atomic E-state index is 0.0613. The van der Waals surface area contributed by atoms with Crippen LogP contribution in [-0.4, -0.2) is 18.0 Å². The number of amides is 2. The van der Waals surface area contributed by atoms with E-state index in [1.54, 1.807) is 18.2 Å². The Labute approximate surface area is 132 Å². The van der Waals surface area contributed by atoms with Gasteiger partial charge in [0.1, 0.15) is 5.76 Å². The molecular weight excluding hydrogens is 332 g/mol. The molecule has 0 saturated carbocycles. The number of nitrogens with zero attached hydrogens (tertiary/aromatic N) is 1. The van der Waals surface area contributed by atoms with E-state index in [0.29, 0.717) is 6.54 Å². The first-order chi connectivity index (χ1) is 10.1. The molecule has 1 aliphatic rings. The zero-order chi connectivity index (χ0) is 15.0. The molecule has 0 spiro atoms. The van der Waals surface area contributed by atoms with Crippen LogP contribution in [0.2, 0.25) is 0 Å². The van der Waals surface area contributed by atoms with E-state index in [4.69, 9.17) is 4.42 Å². The molecule has 0 bridgehead atoms. The lowest BCUT2D eigenvalue weighted by molar-refractivity contribution is 0.218. The SMILES string of the molecule is CCc1occc1C(Br)c1ccc2c(c1)CN(C)C(=O)N2. The topological polar surface area (TPSA) is 45.5 Å². The molecule has 1 aliphatic heterocycles. The lowest BCUT2D eigenvalue weighted by atomic mass is 10.00. The number of halogens is 1. The molecule has 1 aromatic carbocycles. The highest BCUT2D eigenvalue weighted by atomic mass is 79.9. The van der Waals surface area contributed by atoms with Gasteiger partial charge in [-0.3, -0.25) is 0 Å². The molecule has 0 fully saturated rings. The minimum atomic E-state index is -0.0613. The fourth-order valence-electron chi connectivity index (χ4n) is 2.61. The summed E-state index contributed by atoms with van der Waals surface area (Å²) in [4.78, 5) is 13.4. The van der Waals surface area contributed by atoms with Crippen molar-refractivity contribution in [1.82, 2.24) is 4.90 Å². The second kappa shape index (κ2) is 5.56. The van der Waals surface area contributed by atoms with Gasteiger partial charge in [-0.1, -0.05) is 35.0 Å². The van der Waals surface area contributed by atoms with Gasteiger partial charge in [0.05, 0.1) is 11.1 Å². The van der Waals surface area contributed by atoms with Crippen molar-refractivity contribution in [1.29, 1.82) is 0 Å². The van der Waals surface area contributed by atoms with E-state index in [-0.39, 0.29) is 10.9 Å². The maximum absolute atomic E-state index is 11.6. The Bertz CT molecular complexity index is 681. The van der Waals surface area contributed by atoms with Gasteiger partial charge in [-0.15, -0.1) is 0 Å². The van der Waals surface area contributed by atoms with Crippen LogP contribution in [0.25, 0.3) is 0 Å². The Balaban J connectivity index is 1.94. The van der Waals surface area contributed by atoms with Crippen LogP contribution in [0.3, 0.4) is 0 Å². The summed E-state index contributed by atoms with van der Waals surface area (Å²) < 4.78 is 5.50. The van der Waals surface area contributed by atoms with Crippen molar-refractivity contribution < 1.29 is 9.21 Å². The Morgan fingerprint density at radius 3 is 3.00 bits per heavy atom. The van der Waals surface area contributed by atoms with Crippen LogP contribution >= 0.6 is 15.9 Å². The average Bonchev–Trinajstić information content (AvgIpc) is 2.95. The van der Waals surface area contributed by atoms with Crippen molar-refractivity contribution in [3.05, 3.63) is 53.0 Å².